The highest BCUT2D eigenvalue weighted by Gasteiger charge is 2.51. The molecule has 4 aliphatic rings. The molecule has 0 heterocycles. The summed E-state index contributed by atoms with van der Waals surface area (Å²) in [6, 6.07) is 21.1. The number of amides is 2. The van der Waals surface area contributed by atoms with Crippen molar-refractivity contribution >= 4 is 23.7 Å². The smallest absolute Gasteiger partial charge is 0.262 e. The first-order valence-corrected chi connectivity index (χ1v) is 15.7. The van der Waals surface area contributed by atoms with Crippen LogP contribution >= 0.6 is 0 Å². The summed E-state index contributed by atoms with van der Waals surface area (Å²) < 4.78 is 16.8. The third kappa shape index (κ3) is 6.90. The maximum Gasteiger partial charge on any atom is 0.262 e. The lowest BCUT2D eigenvalue weighted by Crippen LogP contribution is -2.48. The Morgan fingerprint density at radius 1 is 0.886 bits per heavy atom. The van der Waals surface area contributed by atoms with Crippen molar-refractivity contribution in [2.45, 2.75) is 57.3 Å². The minimum atomic E-state index is -0.243. The molecule has 0 unspecified atom stereocenters. The molecule has 0 aromatic heterocycles. The van der Waals surface area contributed by atoms with Crippen LogP contribution in [0.15, 0.2) is 71.8 Å². The number of nitrogens with zero attached hydrogens (tertiary/aromatic N) is 1. The van der Waals surface area contributed by atoms with Crippen LogP contribution in [0.1, 0.15) is 62.1 Å². The lowest BCUT2D eigenvalue weighted by molar-refractivity contribution is -0.120. The van der Waals surface area contributed by atoms with E-state index in [1.807, 2.05) is 43.3 Å². The Labute approximate surface area is 259 Å². The first-order chi connectivity index (χ1) is 21.4. The number of carbonyl (C=O) groups is 2. The van der Waals surface area contributed by atoms with Gasteiger partial charge in [-0.15, -0.1) is 0 Å². The van der Waals surface area contributed by atoms with Crippen molar-refractivity contribution < 1.29 is 23.8 Å². The molecule has 4 aliphatic carbocycles. The molecule has 0 radical (unpaired) electrons. The van der Waals surface area contributed by atoms with Crippen molar-refractivity contribution in [3.63, 3.8) is 0 Å². The Morgan fingerprint density at radius 3 is 2.30 bits per heavy atom. The molecule has 3 aromatic rings. The Bertz CT molecular complexity index is 1480. The van der Waals surface area contributed by atoms with E-state index >= 15 is 0 Å². The summed E-state index contributed by atoms with van der Waals surface area (Å²) in [5.74, 6) is 3.87. The molecule has 4 fully saturated rings. The predicted molar refractivity (Wildman–Crippen MR) is 170 cm³/mol. The molecule has 2 N–H and O–H groups in total. The molecule has 0 atom stereocenters. The number of methoxy groups -OCH3 is 1. The third-order valence-electron chi connectivity index (χ3n) is 9.35. The molecular weight excluding hydrogens is 554 g/mol. The molecule has 2 amide bonds. The maximum absolute atomic E-state index is 12.8. The molecule has 4 bridgehead atoms. The van der Waals surface area contributed by atoms with E-state index in [-0.39, 0.29) is 24.8 Å². The summed E-state index contributed by atoms with van der Waals surface area (Å²) >= 11 is 0. The number of benzene rings is 3. The molecule has 44 heavy (non-hydrogen) atoms. The molecule has 4 saturated carbocycles. The van der Waals surface area contributed by atoms with E-state index in [0.29, 0.717) is 34.8 Å². The topological polar surface area (TPSA) is 98.2 Å². The lowest BCUT2D eigenvalue weighted by Gasteiger charge is -2.57. The van der Waals surface area contributed by atoms with Crippen LogP contribution in [0.5, 0.6) is 17.2 Å². The second-order valence-corrected chi connectivity index (χ2v) is 12.6. The number of ether oxygens (including phenoxy) is 3. The molecule has 3 aromatic carbocycles. The van der Waals surface area contributed by atoms with Gasteiger partial charge in [0.1, 0.15) is 5.75 Å². The summed E-state index contributed by atoms with van der Waals surface area (Å²) in [5.41, 5.74) is 6.65. The Kier molecular flexibility index (Phi) is 8.87. The minimum absolute atomic E-state index is 0.148. The van der Waals surface area contributed by atoms with E-state index in [4.69, 9.17) is 14.2 Å². The number of anilines is 1. The van der Waals surface area contributed by atoms with E-state index in [2.05, 4.69) is 28.0 Å². The number of hydrogen-bond acceptors (Lipinski definition) is 6. The van der Waals surface area contributed by atoms with Crippen molar-refractivity contribution in [3.8, 4) is 17.2 Å². The van der Waals surface area contributed by atoms with Gasteiger partial charge in [-0.2, -0.15) is 5.10 Å². The van der Waals surface area contributed by atoms with Gasteiger partial charge < -0.3 is 19.5 Å². The summed E-state index contributed by atoms with van der Waals surface area (Å²) in [7, 11) is 1.59. The van der Waals surface area contributed by atoms with Gasteiger partial charge in [0.25, 0.3) is 5.91 Å². The first kappa shape index (κ1) is 29.7. The van der Waals surface area contributed by atoms with Gasteiger partial charge in [0, 0.05) is 5.69 Å². The van der Waals surface area contributed by atoms with Gasteiger partial charge >= 0.3 is 0 Å². The van der Waals surface area contributed by atoms with Crippen LogP contribution < -0.4 is 25.0 Å². The van der Waals surface area contributed by atoms with Crippen LogP contribution in [0.25, 0.3) is 0 Å². The standard InChI is InChI=1S/C36H41N3O5/c1-3-43-33-17-25(22-37-39-34(40)18-24-5-4-6-31(16-24)42-2)7-12-32(33)44-23-35(41)38-30-10-8-29(9-11-30)36-19-26-13-27(20-36)15-28(14-26)21-36/h4-12,16-17,22,26-28H,3,13-15,18-21,23H2,1-2H3,(H,38,41)(H,39,40)/b37-22+. The molecule has 8 nitrogen and oxygen atoms in total. The van der Waals surface area contributed by atoms with E-state index in [1.165, 1.54) is 50.3 Å². The lowest BCUT2D eigenvalue weighted by atomic mass is 9.48. The van der Waals surface area contributed by atoms with Crippen molar-refractivity contribution in [2.75, 3.05) is 25.6 Å². The average molecular weight is 596 g/mol. The second-order valence-electron chi connectivity index (χ2n) is 12.6. The zero-order chi connectivity index (χ0) is 30.5. The summed E-state index contributed by atoms with van der Waals surface area (Å²) in [6.45, 7) is 2.16. The van der Waals surface area contributed by atoms with E-state index in [0.717, 1.165) is 29.0 Å². The highest BCUT2D eigenvalue weighted by Crippen LogP contribution is 2.60. The van der Waals surface area contributed by atoms with Crippen molar-refractivity contribution in [2.24, 2.45) is 22.9 Å². The van der Waals surface area contributed by atoms with Gasteiger partial charge in [0.2, 0.25) is 5.91 Å². The highest BCUT2D eigenvalue weighted by atomic mass is 16.5. The van der Waals surface area contributed by atoms with Gasteiger partial charge in [0.05, 0.1) is 26.4 Å². The highest BCUT2D eigenvalue weighted by molar-refractivity contribution is 5.92. The SMILES string of the molecule is CCOc1cc(/C=N/NC(=O)Cc2cccc(OC)c2)ccc1OCC(=O)Nc1ccc(C23CC4CC(CC(C4)C2)C3)cc1. The predicted octanol–water partition coefficient (Wildman–Crippen LogP) is 6.27. The number of carbonyl (C=O) groups excluding carboxylic acids is 2. The number of nitrogens with one attached hydrogen (secondary N) is 2. The molecule has 0 saturated heterocycles. The van der Waals surface area contributed by atoms with Crippen molar-refractivity contribution in [1.82, 2.24) is 5.43 Å². The van der Waals surface area contributed by atoms with Crippen LogP contribution in [-0.4, -0.2) is 38.4 Å². The third-order valence-corrected chi connectivity index (χ3v) is 9.35. The largest absolute Gasteiger partial charge is 0.497 e. The van der Waals surface area contributed by atoms with E-state index in [1.54, 1.807) is 25.3 Å². The van der Waals surface area contributed by atoms with E-state index in [9.17, 15) is 9.59 Å². The second kappa shape index (κ2) is 13.1. The first-order valence-electron chi connectivity index (χ1n) is 15.7. The van der Waals surface area contributed by atoms with Crippen LogP contribution in [0.4, 0.5) is 5.69 Å². The van der Waals surface area contributed by atoms with Gasteiger partial charge in [-0.3, -0.25) is 9.59 Å². The molecule has 8 heteroatoms. The van der Waals surface area contributed by atoms with Crippen LogP contribution in [0, 0.1) is 17.8 Å². The van der Waals surface area contributed by atoms with E-state index < -0.39 is 0 Å². The zero-order valence-corrected chi connectivity index (χ0v) is 25.5. The number of rotatable bonds is 12. The Morgan fingerprint density at radius 2 is 1.61 bits per heavy atom. The number of hydrogen-bond donors (Lipinski definition) is 2. The fourth-order valence-electron chi connectivity index (χ4n) is 7.89. The van der Waals surface area contributed by atoms with Gasteiger partial charge in [-0.25, -0.2) is 5.43 Å². The van der Waals surface area contributed by atoms with Gasteiger partial charge in [0.15, 0.2) is 18.1 Å². The Hall–Kier alpha value is -4.33. The van der Waals surface area contributed by atoms with Gasteiger partial charge in [-0.05, 0) is 128 Å². The van der Waals surface area contributed by atoms with Crippen molar-refractivity contribution in [3.05, 3.63) is 83.4 Å². The van der Waals surface area contributed by atoms with Crippen molar-refractivity contribution in [1.29, 1.82) is 0 Å². The summed E-state index contributed by atoms with van der Waals surface area (Å²) in [5, 5.41) is 7.04. The molecule has 0 spiro atoms. The molecule has 7 rings (SSSR count). The molecule has 230 valence electrons. The average Bonchev–Trinajstić information content (AvgIpc) is 3.00. The monoisotopic (exact) mass is 595 g/mol. The molecular formula is C36H41N3O5. The zero-order valence-electron chi connectivity index (χ0n) is 25.5. The summed E-state index contributed by atoms with van der Waals surface area (Å²) in [6.07, 6.45) is 9.98. The van der Waals surface area contributed by atoms with Crippen LogP contribution in [0.2, 0.25) is 0 Å². The van der Waals surface area contributed by atoms with Crippen LogP contribution in [0.3, 0.4) is 0 Å². The minimum Gasteiger partial charge on any atom is -0.497 e. The van der Waals surface area contributed by atoms with Crippen LogP contribution in [-0.2, 0) is 21.4 Å². The van der Waals surface area contributed by atoms with Gasteiger partial charge in [-0.1, -0.05) is 24.3 Å². The fraction of sp³-hybridized carbons (Fsp3) is 0.417. The maximum atomic E-state index is 12.8. The summed E-state index contributed by atoms with van der Waals surface area (Å²) in [4.78, 5) is 25.1. The number of hydrazone groups is 1. The molecule has 0 aliphatic heterocycles. The normalized spacial score (nSPS) is 23.4. The Balaban J connectivity index is 1.01. The fourth-order valence-corrected chi connectivity index (χ4v) is 7.89. The quantitative estimate of drug-likeness (QED) is 0.190.